The molecule has 3 rings (SSSR count). The van der Waals surface area contributed by atoms with Crippen LogP contribution in [0.2, 0.25) is 0 Å². The van der Waals surface area contributed by atoms with Crippen molar-refractivity contribution in [2.24, 2.45) is 5.92 Å². The van der Waals surface area contributed by atoms with Gasteiger partial charge in [0.1, 0.15) is 5.75 Å². The van der Waals surface area contributed by atoms with Gasteiger partial charge in [-0.1, -0.05) is 6.07 Å². The topological polar surface area (TPSA) is 46.6 Å². The molecule has 0 aromatic heterocycles. The number of amides is 1. The number of piperidine rings is 1. The zero-order valence-corrected chi connectivity index (χ0v) is 12.7. The highest BCUT2D eigenvalue weighted by Crippen LogP contribution is 2.59. The fraction of sp³-hybridized carbons (Fsp3) is 0.500. The Hall–Kier alpha value is -2.05. The molecule has 2 atom stereocenters. The molecule has 0 N–H and O–H groups in total. The van der Waals surface area contributed by atoms with Crippen molar-refractivity contribution in [3.05, 3.63) is 29.3 Å². The van der Waals surface area contributed by atoms with E-state index < -0.39 is 17.5 Å². The number of halogens is 3. The fourth-order valence-electron chi connectivity index (χ4n) is 3.56. The van der Waals surface area contributed by atoms with Gasteiger partial charge in [0.2, 0.25) is 0 Å². The largest absolute Gasteiger partial charge is 0.496 e. The van der Waals surface area contributed by atoms with E-state index in [2.05, 4.69) is 0 Å². The predicted molar refractivity (Wildman–Crippen MR) is 75.4 cm³/mol. The molecule has 1 aromatic rings. The van der Waals surface area contributed by atoms with E-state index in [1.807, 2.05) is 0 Å². The van der Waals surface area contributed by atoms with Crippen LogP contribution in [-0.2, 0) is 10.2 Å². The van der Waals surface area contributed by atoms with Gasteiger partial charge in [-0.2, -0.15) is 13.2 Å². The number of hydrogen-bond acceptors (Lipinski definition) is 3. The number of rotatable bonds is 3. The number of alkyl halides is 3. The first kappa shape index (κ1) is 15.8. The van der Waals surface area contributed by atoms with E-state index in [4.69, 9.17) is 4.74 Å². The second-order valence-electron chi connectivity index (χ2n) is 6.21. The molecule has 23 heavy (non-hydrogen) atoms. The first-order valence-electron chi connectivity index (χ1n) is 7.24. The summed E-state index contributed by atoms with van der Waals surface area (Å²) >= 11 is 0. The normalized spacial score (nSPS) is 26.0. The monoisotopic (exact) mass is 327 g/mol. The van der Waals surface area contributed by atoms with Crippen molar-refractivity contribution < 1.29 is 27.5 Å². The van der Waals surface area contributed by atoms with Gasteiger partial charge in [-0.15, -0.1) is 0 Å². The minimum absolute atomic E-state index is 0.0157. The van der Waals surface area contributed by atoms with Gasteiger partial charge in [0.25, 0.3) is 0 Å². The summed E-state index contributed by atoms with van der Waals surface area (Å²) in [5.74, 6) is -1.50. The summed E-state index contributed by atoms with van der Waals surface area (Å²) in [7, 11) is 1.46. The molecule has 0 bridgehead atoms. The molecule has 1 aromatic carbocycles. The van der Waals surface area contributed by atoms with Gasteiger partial charge in [-0.25, -0.2) is 0 Å². The van der Waals surface area contributed by atoms with Crippen LogP contribution in [-0.4, -0.2) is 43.0 Å². The zero-order valence-electron chi connectivity index (χ0n) is 12.7. The Morgan fingerprint density at radius 2 is 2.04 bits per heavy atom. The standard InChI is InChI=1S/C16H16F3NO3/c1-9(21)12-5-10(3-4-13(12)23-2)15-6-11(15)7-20(8-15)14(22)16(17,18)19/h3-5,11H,6-8H2,1-2H3. The Bertz CT molecular complexity index is 686. The Morgan fingerprint density at radius 3 is 2.61 bits per heavy atom. The molecule has 2 fully saturated rings. The third kappa shape index (κ3) is 2.48. The molecule has 124 valence electrons. The molecule has 1 saturated heterocycles. The van der Waals surface area contributed by atoms with Gasteiger partial charge in [0, 0.05) is 18.5 Å². The second kappa shape index (κ2) is 4.97. The molecular formula is C16H16F3NO3. The van der Waals surface area contributed by atoms with Gasteiger partial charge < -0.3 is 9.64 Å². The number of carbonyl (C=O) groups excluding carboxylic acids is 2. The number of nitrogens with zero attached hydrogens (tertiary/aromatic N) is 1. The van der Waals surface area contributed by atoms with Gasteiger partial charge in [0.05, 0.1) is 12.7 Å². The van der Waals surface area contributed by atoms with Crippen LogP contribution in [0.3, 0.4) is 0 Å². The fourth-order valence-corrected chi connectivity index (χ4v) is 3.56. The van der Waals surface area contributed by atoms with E-state index >= 15 is 0 Å². The lowest BCUT2D eigenvalue weighted by Crippen LogP contribution is -2.41. The summed E-state index contributed by atoms with van der Waals surface area (Å²) in [5.41, 5.74) is 0.744. The SMILES string of the molecule is COc1ccc(C23CC2CN(C(=O)C(F)(F)F)C3)cc1C(C)=O. The van der Waals surface area contributed by atoms with Gasteiger partial charge >= 0.3 is 12.1 Å². The highest BCUT2D eigenvalue weighted by atomic mass is 19.4. The van der Waals surface area contributed by atoms with Crippen molar-refractivity contribution in [1.29, 1.82) is 0 Å². The van der Waals surface area contributed by atoms with Gasteiger partial charge in [-0.05, 0) is 37.0 Å². The van der Waals surface area contributed by atoms with Crippen LogP contribution < -0.4 is 4.74 Å². The third-order valence-corrected chi connectivity index (χ3v) is 4.83. The second-order valence-corrected chi connectivity index (χ2v) is 6.21. The number of hydrogen-bond donors (Lipinski definition) is 0. The number of methoxy groups -OCH3 is 1. The first-order chi connectivity index (χ1) is 10.7. The van der Waals surface area contributed by atoms with E-state index in [0.29, 0.717) is 11.3 Å². The molecular weight excluding hydrogens is 311 g/mol. The predicted octanol–water partition coefficient (Wildman–Crippen LogP) is 2.56. The lowest BCUT2D eigenvalue weighted by atomic mass is 9.92. The quantitative estimate of drug-likeness (QED) is 0.802. The van der Waals surface area contributed by atoms with E-state index in [-0.39, 0.29) is 24.8 Å². The summed E-state index contributed by atoms with van der Waals surface area (Å²) in [4.78, 5) is 24.0. The van der Waals surface area contributed by atoms with E-state index in [1.165, 1.54) is 14.0 Å². The molecule has 7 heteroatoms. The Kier molecular flexibility index (Phi) is 3.42. The van der Waals surface area contributed by atoms with Gasteiger partial charge in [0.15, 0.2) is 5.78 Å². The smallest absolute Gasteiger partial charge is 0.471 e. The van der Waals surface area contributed by atoms with Crippen LogP contribution >= 0.6 is 0 Å². The van der Waals surface area contributed by atoms with Gasteiger partial charge in [-0.3, -0.25) is 9.59 Å². The zero-order chi connectivity index (χ0) is 17.0. The number of benzene rings is 1. The molecule has 2 unspecified atom stereocenters. The number of ketones is 1. The number of Topliss-reactive ketones (excluding diaryl/α,β-unsaturated/α-hetero) is 1. The van der Waals surface area contributed by atoms with Crippen LogP contribution in [0, 0.1) is 5.92 Å². The Balaban J connectivity index is 1.88. The number of fused-ring (bicyclic) bond motifs is 1. The van der Waals surface area contributed by atoms with Crippen LogP contribution in [0.25, 0.3) is 0 Å². The molecule has 2 aliphatic rings. The molecule has 1 amide bonds. The molecule has 1 saturated carbocycles. The van der Waals surface area contributed by atoms with E-state index in [0.717, 1.165) is 16.9 Å². The summed E-state index contributed by atoms with van der Waals surface area (Å²) in [6.07, 6.45) is -4.11. The van der Waals surface area contributed by atoms with Crippen LogP contribution in [0.5, 0.6) is 5.75 Å². The van der Waals surface area contributed by atoms with Crippen molar-refractivity contribution in [2.45, 2.75) is 24.9 Å². The van der Waals surface area contributed by atoms with Crippen molar-refractivity contribution >= 4 is 11.7 Å². The average Bonchev–Trinajstić information content (AvgIpc) is 3.06. The lowest BCUT2D eigenvalue weighted by molar-refractivity contribution is -0.184. The van der Waals surface area contributed by atoms with E-state index in [9.17, 15) is 22.8 Å². The number of carbonyl (C=O) groups is 2. The molecule has 0 radical (unpaired) electrons. The summed E-state index contributed by atoms with van der Waals surface area (Å²) in [6, 6.07) is 5.11. The highest BCUT2D eigenvalue weighted by molar-refractivity contribution is 5.97. The summed E-state index contributed by atoms with van der Waals surface area (Å²) < 4.78 is 42.9. The van der Waals surface area contributed by atoms with E-state index in [1.54, 1.807) is 18.2 Å². The van der Waals surface area contributed by atoms with Crippen LogP contribution in [0.1, 0.15) is 29.3 Å². The highest BCUT2D eigenvalue weighted by Gasteiger charge is 2.63. The van der Waals surface area contributed by atoms with Crippen LogP contribution in [0.15, 0.2) is 18.2 Å². The molecule has 4 nitrogen and oxygen atoms in total. The first-order valence-corrected chi connectivity index (χ1v) is 7.24. The van der Waals surface area contributed by atoms with Crippen molar-refractivity contribution in [1.82, 2.24) is 4.90 Å². The molecule has 0 spiro atoms. The number of likely N-dealkylation sites (tertiary alicyclic amines) is 1. The maximum atomic E-state index is 12.6. The summed E-state index contributed by atoms with van der Waals surface area (Å²) in [5, 5.41) is 0. The third-order valence-electron chi connectivity index (χ3n) is 4.83. The van der Waals surface area contributed by atoms with Crippen molar-refractivity contribution in [2.75, 3.05) is 20.2 Å². The Morgan fingerprint density at radius 1 is 1.35 bits per heavy atom. The molecule has 1 heterocycles. The average molecular weight is 327 g/mol. The minimum Gasteiger partial charge on any atom is -0.496 e. The summed E-state index contributed by atoms with van der Waals surface area (Å²) in [6.45, 7) is 1.57. The Labute approximate surface area is 131 Å². The molecule has 1 aliphatic heterocycles. The molecule has 1 aliphatic carbocycles. The maximum absolute atomic E-state index is 12.6. The van der Waals surface area contributed by atoms with Crippen LogP contribution in [0.4, 0.5) is 13.2 Å². The maximum Gasteiger partial charge on any atom is 0.471 e. The van der Waals surface area contributed by atoms with Crippen molar-refractivity contribution in [3.63, 3.8) is 0 Å². The lowest BCUT2D eigenvalue weighted by Gasteiger charge is -2.22. The minimum atomic E-state index is -4.84. The number of ether oxygens (including phenoxy) is 1. The van der Waals surface area contributed by atoms with Crippen molar-refractivity contribution in [3.8, 4) is 5.75 Å².